The van der Waals surface area contributed by atoms with Gasteiger partial charge in [0, 0.05) is 17.0 Å². The van der Waals surface area contributed by atoms with Crippen LogP contribution >= 0.6 is 39.1 Å². The second kappa shape index (κ2) is 11.6. The van der Waals surface area contributed by atoms with Gasteiger partial charge in [-0.1, -0.05) is 39.7 Å². The third-order valence-corrected chi connectivity index (χ3v) is 12.1. The number of ether oxygens (including phenoxy) is 1. The van der Waals surface area contributed by atoms with Crippen molar-refractivity contribution >= 4 is 79.5 Å². The minimum atomic E-state index is -5.09. The molecule has 0 spiro atoms. The number of oxazole rings is 1. The van der Waals surface area contributed by atoms with Gasteiger partial charge in [-0.25, -0.2) is 4.98 Å². The summed E-state index contributed by atoms with van der Waals surface area (Å²) in [5.41, 5.74) is 1.84. The monoisotopic (exact) mass is 803 g/mol. The first kappa shape index (κ1) is 33.7. The highest BCUT2D eigenvalue weighted by Crippen LogP contribution is 2.66. The fraction of sp³-hybridized carbons (Fsp3) is 0.286. The quantitative estimate of drug-likeness (QED) is 0.0987. The number of allylic oxidation sites excluding steroid dienone is 2. The highest BCUT2D eigenvalue weighted by molar-refractivity contribution is 9.09. The summed E-state index contributed by atoms with van der Waals surface area (Å²) in [7, 11) is 0. The number of benzene rings is 3. The number of fused-ring (bicyclic) bond motifs is 5. The van der Waals surface area contributed by atoms with Crippen LogP contribution in [0, 0.1) is 17.8 Å². The molecule has 3 heterocycles. The topological polar surface area (TPSA) is 130 Å². The number of aromatic nitrogens is 1. The van der Waals surface area contributed by atoms with E-state index in [4.69, 9.17) is 27.6 Å². The number of para-hydroxylation sites is 2. The molecule has 16 heteroatoms. The summed E-state index contributed by atoms with van der Waals surface area (Å²) in [5, 5.41) is 11.1. The molecule has 0 unspecified atom stereocenters. The molecular weight excluding hydrogens is 782 g/mol. The first-order chi connectivity index (χ1) is 24.2. The van der Waals surface area contributed by atoms with Crippen LogP contribution < -0.4 is 9.64 Å². The fourth-order valence-corrected chi connectivity index (χ4v) is 9.48. The number of carbonyl (C=O) groups excluding carboxylic acids is 4. The van der Waals surface area contributed by atoms with Gasteiger partial charge in [0.05, 0.1) is 23.0 Å². The summed E-state index contributed by atoms with van der Waals surface area (Å²) in [6.07, 6.45) is -3.84. The molecule has 10 nitrogen and oxygen atoms in total. The van der Waals surface area contributed by atoms with Crippen LogP contribution in [0.15, 0.2) is 82.8 Å². The molecule has 51 heavy (non-hydrogen) atoms. The average Bonchev–Trinajstić information content (AvgIpc) is 3.68. The molecule has 6 atom stereocenters. The lowest BCUT2D eigenvalue weighted by Crippen LogP contribution is -2.60. The second-order valence-electron chi connectivity index (χ2n) is 12.8. The van der Waals surface area contributed by atoms with E-state index < -0.39 is 74.9 Å². The van der Waals surface area contributed by atoms with E-state index in [0.717, 1.165) is 28.0 Å². The van der Waals surface area contributed by atoms with Crippen LogP contribution in [0.4, 0.5) is 18.9 Å². The Labute approximate surface area is 304 Å². The van der Waals surface area contributed by atoms with Crippen LogP contribution in [-0.4, -0.2) is 60.2 Å². The van der Waals surface area contributed by atoms with Gasteiger partial charge in [-0.05, 0) is 73.4 Å². The van der Waals surface area contributed by atoms with Crippen LogP contribution in [0.2, 0.25) is 0 Å². The Balaban J connectivity index is 1.20. The van der Waals surface area contributed by atoms with Gasteiger partial charge >= 0.3 is 6.36 Å². The molecule has 2 saturated heterocycles. The van der Waals surface area contributed by atoms with E-state index in [1.165, 1.54) is 0 Å². The zero-order chi connectivity index (χ0) is 36.2. The molecule has 4 amide bonds. The number of hydrogen-bond donors (Lipinski definition) is 1. The lowest BCUT2D eigenvalue weighted by atomic mass is 9.56. The Morgan fingerprint density at radius 1 is 0.980 bits per heavy atom. The van der Waals surface area contributed by atoms with Crippen molar-refractivity contribution in [2.75, 3.05) is 10.4 Å². The third-order valence-electron chi connectivity index (χ3n) is 10.2. The molecule has 2 aliphatic heterocycles. The van der Waals surface area contributed by atoms with Gasteiger partial charge < -0.3 is 14.3 Å². The number of imide groups is 2. The van der Waals surface area contributed by atoms with Crippen molar-refractivity contribution in [3.8, 4) is 23.0 Å². The van der Waals surface area contributed by atoms with Crippen LogP contribution in [0.25, 0.3) is 22.6 Å². The molecular formula is C35H23BrCl2F3N3O7. The van der Waals surface area contributed by atoms with Crippen LogP contribution in [0.1, 0.15) is 24.3 Å². The Kier molecular flexibility index (Phi) is 7.64. The maximum absolute atomic E-state index is 14.3. The van der Waals surface area contributed by atoms with Gasteiger partial charge in [0.25, 0.3) is 11.8 Å². The number of rotatable bonds is 5. The summed E-state index contributed by atoms with van der Waals surface area (Å²) in [6, 6.07) is 16.4. The fourth-order valence-electron chi connectivity index (χ4n) is 8.06. The summed E-state index contributed by atoms with van der Waals surface area (Å²) < 4.78 is 49.7. The number of likely N-dealkylation sites (tertiary alicyclic amines) is 1. The number of aromatic hydroxyl groups is 1. The van der Waals surface area contributed by atoms with Gasteiger partial charge in [-0.3, -0.25) is 29.0 Å². The zero-order valence-electron chi connectivity index (χ0n) is 25.9. The van der Waals surface area contributed by atoms with Crippen molar-refractivity contribution in [3.05, 3.63) is 83.9 Å². The van der Waals surface area contributed by atoms with Crippen molar-refractivity contribution in [1.29, 1.82) is 0 Å². The molecule has 1 aromatic heterocycles. The Morgan fingerprint density at radius 3 is 2.39 bits per heavy atom. The minimum Gasteiger partial charge on any atom is -0.508 e. The van der Waals surface area contributed by atoms with E-state index in [0.29, 0.717) is 22.6 Å². The van der Waals surface area contributed by atoms with Crippen molar-refractivity contribution in [2.45, 2.75) is 34.9 Å². The summed E-state index contributed by atoms with van der Waals surface area (Å²) in [5.74, 6) is -8.30. The molecule has 0 radical (unpaired) electrons. The Bertz CT molecular complexity index is 2180. The molecule has 4 aliphatic rings. The number of carbonyl (C=O) groups is 4. The van der Waals surface area contributed by atoms with Crippen LogP contribution in [0.5, 0.6) is 11.5 Å². The Hall–Kier alpha value is -4.40. The summed E-state index contributed by atoms with van der Waals surface area (Å²) in [6.45, 7) is 0. The van der Waals surface area contributed by atoms with E-state index in [1.807, 2.05) is 12.1 Å². The lowest BCUT2D eigenvalue weighted by Gasteiger charge is -2.50. The largest absolute Gasteiger partial charge is 0.573 e. The predicted molar refractivity (Wildman–Crippen MR) is 180 cm³/mol. The van der Waals surface area contributed by atoms with Gasteiger partial charge in [-0.15, -0.1) is 36.4 Å². The summed E-state index contributed by atoms with van der Waals surface area (Å²) >= 11 is 17.4. The van der Waals surface area contributed by atoms with Crippen LogP contribution in [0.3, 0.4) is 0 Å². The number of anilines is 1. The molecule has 1 N–H and O–H groups in total. The highest BCUT2D eigenvalue weighted by Gasteiger charge is 2.76. The second-order valence-corrected chi connectivity index (χ2v) is 14.5. The maximum Gasteiger partial charge on any atom is 0.573 e. The number of amides is 4. The van der Waals surface area contributed by atoms with Crippen molar-refractivity contribution in [3.63, 3.8) is 0 Å². The maximum atomic E-state index is 14.3. The third kappa shape index (κ3) is 4.86. The van der Waals surface area contributed by atoms with Gasteiger partial charge in [0.15, 0.2) is 15.3 Å². The standard InChI is InChI=1S/C35H23BrCl2F3N3O7/c36-15-43-31(48)33(37)14-22-19(27(34(33,38)32(43)49)21-13-18(9-12-24(21)45)51-35(39,40)41)10-11-20-26(22)30(47)44(29(20)46)17-7-5-16(6-8-17)28-42-23-3-1-2-4-25(23)50-28/h1-10,12-13,20,22,26-27,45H,11,14-15H2/t20-,22+,26-,27+,33+,34-/m0/s1. The smallest absolute Gasteiger partial charge is 0.508 e. The van der Waals surface area contributed by atoms with Gasteiger partial charge in [0.1, 0.15) is 17.0 Å². The first-order valence-corrected chi connectivity index (χ1v) is 17.5. The molecule has 3 fully saturated rings. The lowest BCUT2D eigenvalue weighted by molar-refractivity contribution is -0.274. The van der Waals surface area contributed by atoms with E-state index >= 15 is 0 Å². The molecule has 3 aromatic carbocycles. The Morgan fingerprint density at radius 2 is 1.71 bits per heavy atom. The van der Waals surface area contributed by atoms with Crippen molar-refractivity contribution in [2.24, 2.45) is 17.8 Å². The van der Waals surface area contributed by atoms with E-state index in [2.05, 4.69) is 25.7 Å². The average molecular weight is 805 g/mol. The number of phenolic OH excluding ortho intramolecular Hbond substituents is 1. The van der Waals surface area contributed by atoms with Crippen LogP contribution in [-0.2, 0) is 19.2 Å². The normalized spacial score (nSPS) is 28.9. The molecule has 8 rings (SSSR count). The zero-order valence-corrected chi connectivity index (χ0v) is 29.0. The number of halogens is 6. The van der Waals surface area contributed by atoms with E-state index in [1.54, 1.807) is 42.5 Å². The first-order valence-electron chi connectivity index (χ1n) is 15.6. The van der Waals surface area contributed by atoms with Gasteiger partial charge in [-0.2, -0.15) is 0 Å². The molecule has 0 bridgehead atoms. The van der Waals surface area contributed by atoms with Gasteiger partial charge in [0.2, 0.25) is 17.7 Å². The SMILES string of the molecule is O=C1[C@H]2[C@H](CC=C3[C@H]2C[C@@]2(Cl)C(=O)N(CBr)C(=O)[C@@]2(Cl)[C@H]3c2cc(OC(F)(F)F)ccc2O)C(=O)N1c1ccc(-c2nc3ccccc3o2)cc1. The number of hydrogen-bond acceptors (Lipinski definition) is 8. The highest BCUT2D eigenvalue weighted by atomic mass is 79.9. The van der Waals surface area contributed by atoms with Crippen molar-refractivity contribution in [1.82, 2.24) is 9.88 Å². The molecule has 1 saturated carbocycles. The van der Waals surface area contributed by atoms with Crippen molar-refractivity contribution < 1.29 is 46.6 Å². The predicted octanol–water partition coefficient (Wildman–Crippen LogP) is 7.01. The van der Waals surface area contributed by atoms with E-state index in [9.17, 15) is 37.5 Å². The molecule has 4 aromatic rings. The number of alkyl halides is 6. The molecule has 2 aliphatic carbocycles. The molecule has 262 valence electrons. The number of phenols is 1. The minimum absolute atomic E-state index is 0.00111. The van der Waals surface area contributed by atoms with E-state index in [-0.39, 0.29) is 35.1 Å². The summed E-state index contributed by atoms with van der Waals surface area (Å²) in [4.78, 5) is 57.9. The number of nitrogens with zero attached hydrogens (tertiary/aromatic N) is 3.